The fourth-order valence-corrected chi connectivity index (χ4v) is 4.19. The summed E-state index contributed by atoms with van der Waals surface area (Å²) in [5.74, 6) is 0.958. The smallest absolute Gasteiger partial charge is 0.138 e. The summed E-state index contributed by atoms with van der Waals surface area (Å²) in [6, 6.07) is 4.79. The zero-order valence-electron chi connectivity index (χ0n) is 12.8. The lowest BCUT2D eigenvalue weighted by molar-refractivity contribution is 0.205. The van der Waals surface area contributed by atoms with Crippen molar-refractivity contribution in [1.82, 2.24) is 10.2 Å². The molecule has 0 aliphatic carbocycles. The second-order valence-corrected chi connectivity index (χ2v) is 7.17. The van der Waals surface area contributed by atoms with Crippen LogP contribution in [0, 0.1) is 0 Å². The molecule has 0 aromatic heterocycles. The first kappa shape index (κ1) is 17.3. The summed E-state index contributed by atoms with van der Waals surface area (Å²) in [4.78, 5) is 2.51. The summed E-state index contributed by atoms with van der Waals surface area (Å²) in [7, 11) is 0. The van der Waals surface area contributed by atoms with Crippen LogP contribution in [0.15, 0.2) is 21.1 Å². The van der Waals surface area contributed by atoms with Crippen LogP contribution in [0.5, 0.6) is 5.75 Å². The molecule has 1 aliphatic rings. The molecule has 1 fully saturated rings. The molecule has 1 aromatic carbocycles. The maximum Gasteiger partial charge on any atom is 0.138 e. The number of halogens is 2. The molecule has 1 aliphatic heterocycles. The van der Waals surface area contributed by atoms with Crippen molar-refractivity contribution in [3.63, 3.8) is 0 Å². The van der Waals surface area contributed by atoms with Crippen molar-refractivity contribution in [2.24, 2.45) is 0 Å². The minimum absolute atomic E-state index is 0.611. The van der Waals surface area contributed by atoms with Gasteiger partial charge in [-0.25, -0.2) is 0 Å². The number of piperidine rings is 1. The molecule has 0 amide bonds. The van der Waals surface area contributed by atoms with Crippen LogP contribution in [0.2, 0.25) is 0 Å². The number of nitrogens with one attached hydrogen (secondary N) is 1. The summed E-state index contributed by atoms with van der Waals surface area (Å²) in [6.45, 7) is 9.36. The Morgan fingerprint density at radius 1 is 1.24 bits per heavy atom. The monoisotopic (exact) mass is 418 g/mol. The van der Waals surface area contributed by atoms with E-state index in [9.17, 15) is 0 Å². The van der Waals surface area contributed by atoms with Crippen LogP contribution in [-0.4, -0.2) is 37.2 Å². The van der Waals surface area contributed by atoms with E-state index in [0.29, 0.717) is 12.6 Å². The van der Waals surface area contributed by atoms with Gasteiger partial charge < -0.3 is 15.0 Å². The Balaban J connectivity index is 1.96. The van der Waals surface area contributed by atoms with Gasteiger partial charge in [0.1, 0.15) is 5.75 Å². The Morgan fingerprint density at radius 2 is 1.95 bits per heavy atom. The summed E-state index contributed by atoms with van der Waals surface area (Å²) in [6.07, 6.45) is 2.46. The number of hydrogen-bond donors (Lipinski definition) is 1. The molecule has 3 nitrogen and oxygen atoms in total. The molecule has 0 saturated carbocycles. The van der Waals surface area contributed by atoms with Gasteiger partial charge in [0, 0.05) is 22.6 Å². The highest BCUT2D eigenvalue weighted by Crippen LogP contribution is 2.33. The zero-order valence-corrected chi connectivity index (χ0v) is 16.0. The summed E-state index contributed by atoms with van der Waals surface area (Å²) >= 11 is 7.15. The van der Waals surface area contributed by atoms with E-state index < -0.39 is 0 Å². The lowest BCUT2D eigenvalue weighted by Gasteiger charge is -2.31. The summed E-state index contributed by atoms with van der Waals surface area (Å²) < 4.78 is 7.87. The molecule has 0 bridgehead atoms. The number of likely N-dealkylation sites (tertiary alicyclic amines) is 1. The fraction of sp³-hybridized carbons (Fsp3) is 0.625. The third-order valence-corrected chi connectivity index (χ3v) is 5.04. The van der Waals surface area contributed by atoms with Crippen LogP contribution in [0.4, 0.5) is 0 Å². The molecule has 0 unspecified atom stereocenters. The number of hydrogen-bond acceptors (Lipinski definition) is 3. The van der Waals surface area contributed by atoms with E-state index in [2.05, 4.69) is 55.1 Å². The van der Waals surface area contributed by atoms with Crippen LogP contribution < -0.4 is 10.1 Å². The number of benzene rings is 1. The molecular weight excluding hydrogens is 396 g/mol. The lowest BCUT2D eigenvalue weighted by Crippen LogP contribution is -2.42. The van der Waals surface area contributed by atoms with Crippen molar-refractivity contribution >= 4 is 31.9 Å². The van der Waals surface area contributed by atoms with Gasteiger partial charge in [0.25, 0.3) is 0 Å². The van der Waals surface area contributed by atoms with Crippen LogP contribution in [0.3, 0.4) is 0 Å². The molecule has 118 valence electrons. The van der Waals surface area contributed by atoms with Crippen molar-refractivity contribution in [1.29, 1.82) is 0 Å². The molecule has 1 aromatic rings. The highest BCUT2D eigenvalue weighted by atomic mass is 79.9. The van der Waals surface area contributed by atoms with Gasteiger partial charge in [0.15, 0.2) is 0 Å². The van der Waals surface area contributed by atoms with Gasteiger partial charge in [-0.2, -0.15) is 0 Å². The molecule has 1 saturated heterocycles. The maximum atomic E-state index is 5.78. The minimum Gasteiger partial charge on any atom is -0.492 e. The van der Waals surface area contributed by atoms with E-state index in [0.717, 1.165) is 21.2 Å². The average Bonchev–Trinajstić information content (AvgIpc) is 2.48. The Labute approximate surface area is 144 Å². The number of rotatable bonds is 6. The first-order chi connectivity index (χ1) is 10.1. The second-order valence-electron chi connectivity index (χ2n) is 5.40. The molecule has 2 rings (SSSR count). The number of nitrogens with zero attached hydrogens (tertiary/aromatic N) is 1. The molecule has 1 N–H and O–H groups in total. The van der Waals surface area contributed by atoms with E-state index in [1.165, 1.54) is 38.0 Å². The van der Waals surface area contributed by atoms with E-state index >= 15 is 0 Å². The average molecular weight is 420 g/mol. The Bertz CT molecular complexity index is 460. The van der Waals surface area contributed by atoms with E-state index in [4.69, 9.17) is 4.74 Å². The number of ether oxygens (including phenoxy) is 1. The quantitative estimate of drug-likeness (QED) is 0.748. The van der Waals surface area contributed by atoms with E-state index in [-0.39, 0.29) is 0 Å². The molecule has 1 heterocycles. The standard InChI is InChI=1S/C16H24Br2N2O/c1-3-20-7-5-14(6-8-20)19-11-12-9-13(17)10-15(18)16(12)21-4-2/h9-10,14,19H,3-8,11H2,1-2H3. The van der Waals surface area contributed by atoms with Crippen molar-refractivity contribution in [3.8, 4) is 5.75 Å². The van der Waals surface area contributed by atoms with Crippen molar-refractivity contribution in [2.75, 3.05) is 26.2 Å². The molecular formula is C16H24Br2N2O. The molecule has 0 radical (unpaired) electrons. The van der Waals surface area contributed by atoms with Gasteiger partial charge in [0.05, 0.1) is 11.1 Å². The van der Waals surface area contributed by atoms with Gasteiger partial charge in [-0.05, 0) is 67.5 Å². The highest BCUT2D eigenvalue weighted by molar-refractivity contribution is 9.11. The lowest BCUT2D eigenvalue weighted by atomic mass is 10.0. The zero-order chi connectivity index (χ0) is 15.2. The second kappa shape index (κ2) is 8.51. The first-order valence-corrected chi connectivity index (χ1v) is 9.29. The predicted molar refractivity (Wildman–Crippen MR) is 95.0 cm³/mol. The normalized spacial score (nSPS) is 17.1. The molecule has 21 heavy (non-hydrogen) atoms. The van der Waals surface area contributed by atoms with Gasteiger partial charge in [-0.1, -0.05) is 22.9 Å². The summed E-state index contributed by atoms with van der Waals surface area (Å²) in [5.41, 5.74) is 1.20. The summed E-state index contributed by atoms with van der Waals surface area (Å²) in [5, 5.41) is 3.69. The Kier molecular flexibility index (Phi) is 6.99. The van der Waals surface area contributed by atoms with Crippen LogP contribution in [-0.2, 0) is 6.54 Å². The van der Waals surface area contributed by atoms with Gasteiger partial charge in [-0.15, -0.1) is 0 Å². The maximum absolute atomic E-state index is 5.78. The van der Waals surface area contributed by atoms with E-state index in [1.807, 2.05) is 13.0 Å². The molecule has 5 heteroatoms. The topological polar surface area (TPSA) is 24.5 Å². The third kappa shape index (κ3) is 4.95. The minimum atomic E-state index is 0.611. The van der Waals surface area contributed by atoms with Gasteiger partial charge >= 0.3 is 0 Å². The van der Waals surface area contributed by atoms with Crippen LogP contribution in [0.1, 0.15) is 32.3 Å². The van der Waals surface area contributed by atoms with Crippen molar-refractivity contribution < 1.29 is 4.74 Å². The highest BCUT2D eigenvalue weighted by Gasteiger charge is 2.18. The van der Waals surface area contributed by atoms with Crippen molar-refractivity contribution in [3.05, 3.63) is 26.6 Å². The molecule has 0 spiro atoms. The largest absolute Gasteiger partial charge is 0.492 e. The van der Waals surface area contributed by atoms with Gasteiger partial charge in [0.2, 0.25) is 0 Å². The third-order valence-electron chi connectivity index (χ3n) is 3.99. The van der Waals surface area contributed by atoms with Crippen molar-refractivity contribution in [2.45, 2.75) is 39.3 Å². The van der Waals surface area contributed by atoms with E-state index in [1.54, 1.807) is 0 Å². The van der Waals surface area contributed by atoms with Crippen LogP contribution in [0.25, 0.3) is 0 Å². The Morgan fingerprint density at radius 3 is 2.57 bits per heavy atom. The SMILES string of the molecule is CCOc1c(Br)cc(Br)cc1CNC1CCN(CC)CC1. The van der Waals surface area contributed by atoms with Crippen LogP contribution >= 0.6 is 31.9 Å². The Hall–Kier alpha value is -0.100. The van der Waals surface area contributed by atoms with Gasteiger partial charge in [-0.3, -0.25) is 0 Å². The predicted octanol–water partition coefficient (Wildman–Crippen LogP) is 4.18. The first-order valence-electron chi connectivity index (χ1n) is 7.70. The molecule has 0 atom stereocenters. The fourth-order valence-electron chi connectivity index (χ4n) is 2.76.